The van der Waals surface area contributed by atoms with Gasteiger partial charge >= 0.3 is 0 Å². The Kier molecular flexibility index (Phi) is 5.15. The first-order valence-electron chi connectivity index (χ1n) is 6.74. The van der Waals surface area contributed by atoms with Crippen LogP contribution in [0.15, 0.2) is 6.07 Å². The fourth-order valence-electron chi connectivity index (χ4n) is 2.21. The summed E-state index contributed by atoms with van der Waals surface area (Å²) in [6, 6.07) is 2.35. The third-order valence-electron chi connectivity index (χ3n) is 3.13. The zero-order chi connectivity index (χ0) is 13.9. The predicted molar refractivity (Wildman–Crippen MR) is 76.1 cm³/mol. The van der Waals surface area contributed by atoms with Crippen molar-refractivity contribution in [2.45, 2.75) is 47.6 Å². The molecule has 1 rings (SSSR count). The number of Topliss-reactive ketones (excluding diaryl/α,β-unsaturated/α-hetero) is 1. The number of aryl methyl sites for hydroxylation is 2. The van der Waals surface area contributed by atoms with Crippen LogP contribution in [-0.2, 0) is 0 Å². The molecule has 0 unspecified atom stereocenters. The number of aromatic nitrogens is 1. The molecule has 0 aliphatic carbocycles. The molecule has 0 aliphatic rings. The van der Waals surface area contributed by atoms with Gasteiger partial charge in [0.05, 0.1) is 6.54 Å². The number of aromatic amines is 1. The number of carbonyl (C=O) groups is 1. The van der Waals surface area contributed by atoms with Gasteiger partial charge in [0.15, 0.2) is 5.78 Å². The van der Waals surface area contributed by atoms with Gasteiger partial charge in [0.2, 0.25) is 0 Å². The van der Waals surface area contributed by atoms with Crippen LogP contribution in [0.1, 0.15) is 49.4 Å². The Hall–Kier alpha value is -1.09. The monoisotopic (exact) mass is 250 g/mol. The molecular weight excluding hydrogens is 224 g/mol. The first-order valence-corrected chi connectivity index (χ1v) is 6.74. The van der Waals surface area contributed by atoms with Crippen molar-refractivity contribution in [3.05, 3.63) is 23.0 Å². The van der Waals surface area contributed by atoms with Crippen molar-refractivity contribution in [3.63, 3.8) is 0 Å². The van der Waals surface area contributed by atoms with Gasteiger partial charge in [0, 0.05) is 29.5 Å². The number of hydrogen-bond acceptors (Lipinski definition) is 2. The van der Waals surface area contributed by atoms with E-state index in [0.717, 1.165) is 23.5 Å². The quantitative estimate of drug-likeness (QED) is 0.787. The van der Waals surface area contributed by atoms with Crippen LogP contribution < -0.4 is 0 Å². The van der Waals surface area contributed by atoms with Crippen LogP contribution in [0.4, 0.5) is 0 Å². The lowest BCUT2D eigenvalue weighted by Crippen LogP contribution is -2.38. The van der Waals surface area contributed by atoms with Gasteiger partial charge in [-0.25, -0.2) is 0 Å². The number of nitrogens with zero attached hydrogens (tertiary/aromatic N) is 1. The van der Waals surface area contributed by atoms with Gasteiger partial charge in [-0.2, -0.15) is 0 Å². The highest BCUT2D eigenvalue weighted by atomic mass is 16.1. The number of H-pyrrole nitrogens is 1. The van der Waals surface area contributed by atoms with Gasteiger partial charge in [-0.15, -0.1) is 0 Å². The summed E-state index contributed by atoms with van der Waals surface area (Å²) in [7, 11) is 0. The van der Waals surface area contributed by atoms with E-state index in [1.807, 2.05) is 19.9 Å². The number of carbonyl (C=O) groups excluding carboxylic acids is 1. The molecule has 18 heavy (non-hydrogen) atoms. The fraction of sp³-hybridized carbons (Fsp3) is 0.667. The molecule has 1 heterocycles. The van der Waals surface area contributed by atoms with Crippen molar-refractivity contribution in [3.8, 4) is 0 Å². The zero-order valence-electron chi connectivity index (χ0n) is 12.5. The topological polar surface area (TPSA) is 36.1 Å². The molecule has 1 aromatic rings. The van der Waals surface area contributed by atoms with Crippen LogP contribution in [0.2, 0.25) is 0 Å². The van der Waals surface area contributed by atoms with Gasteiger partial charge in [0.25, 0.3) is 0 Å². The predicted octanol–water partition coefficient (Wildman–Crippen LogP) is 3.18. The lowest BCUT2D eigenvalue weighted by atomic mass is 10.1. The van der Waals surface area contributed by atoms with Crippen molar-refractivity contribution >= 4 is 5.78 Å². The summed E-state index contributed by atoms with van der Waals surface area (Å²) in [6.45, 7) is 14.1. The minimum Gasteiger partial charge on any atom is -0.362 e. The van der Waals surface area contributed by atoms with Gasteiger partial charge in [0.1, 0.15) is 0 Å². The Bertz CT molecular complexity index is 405. The Morgan fingerprint density at radius 1 is 1.28 bits per heavy atom. The maximum absolute atomic E-state index is 12.3. The number of rotatable bonds is 6. The van der Waals surface area contributed by atoms with E-state index in [-0.39, 0.29) is 5.78 Å². The average Bonchev–Trinajstić information content (AvgIpc) is 2.56. The van der Waals surface area contributed by atoms with E-state index in [1.165, 1.54) is 0 Å². The third-order valence-corrected chi connectivity index (χ3v) is 3.13. The van der Waals surface area contributed by atoms with E-state index in [9.17, 15) is 4.79 Å². The molecule has 3 heteroatoms. The smallest absolute Gasteiger partial charge is 0.178 e. The van der Waals surface area contributed by atoms with Crippen LogP contribution in [0.3, 0.4) is 0 Å². The molecule has 0 saturated carbocycles. The minimum absolute atomic E-state index is 0.214. The summed E-state index contributed by atoms with van der Waals surface area (Å²) >= 11 is 0. The van der Waals surface area contributed by atoms with E-state index < -0.39 is 0 Å². The van der Waals surface area contributed by atoms with Crippen molar-refractivity contribution in [2.24, 2.45) is 5.92 Å². The van der Waals surface area contributed by atoms with Crippen molar-refractivity contribution in [2.75, 3.05) is 13.1 Å². The molecule has 0 atom stereocenters. The summed E-state index contributed by atoms with van der Waals surface area (Å²) in [5, 5.41) is 0. The molecule has 102 valence electrons. The summed E-state index contributed by atoms with van der Waals surface area (Å²) in [6.07, 6.45) is 0. The molecule has 1 N–H and O–H groups in total. The second-order valence-corrected chi connectivity index (χ2v) is 5.83. The second kappa shape index (κ2) is 6.19. The zero-order valence-corrected chi connectivity index (χ0v) is 12.5. The highest BCUT2D eigenvalue weighted by Gasteiger charge is 2.18. The largest absolute Gasteiger partial charge is 0.362 e. The molecule has 0 amide bonds. The lowest BCUT2D eigenvalue weighted by Gasteiger charge is -2.27. The second-order valence-electron chi connectivity index (χ2n) is 5.83. The van der Waals surface area contributed by atoms with E-state index >= 15 is 0 Å². The Morgan fingerprint density at radius 2 is 1.89 bits per heavy atom. The van der Waals surface area contributed by atoms with Crippen LogP contribution in [-0.4, -0.2) is 34.8 Å². The molecule has 0 saturated heterocycles. The molecule has 0 bridgehead atoms. The van der Waals surface area contributed by atoms with Gasteiger partial charge < -0.3 is 4.98 Å². The van der Waals surface area contributed by atoms with Gasteiger partial charge in [-0.1, -0.05) is 13.8 Å². The molecule has 3 nitrogen and oxygen atoms in total. The SMILES string of the molecule is Cc1cc(C(=O)CN(CC(C)C)C(C)C)c(C)[nH]1. The molecular formula is C15H26N2O. The third kappa shape index (κ3) is 3.98. The Balaban J connectivity index is 2.75. The lowest BCUT2D eigenvalue weighted by molar-refractivity contribution is 0.0892. The molecule has 0 aliphatic heterocycles. The first kappa shape index (κ1) is 15.0. The molecule has 0 radical (unpaired) electrons. The standard InChI is InChI=1S/C15H26N2O/c1-10(2)8-17(11(3)4)9-15(18)14-7-12(5)16-13(14)6/h7,10-11,16H,8-9H2,1-6H3. The van der Waals surface area contributed by atoms with Crippen LogP contribution >= 0.6 is 0 Å². The molecule has 0 spiro atoms. The van der Waals surface area contributed by atoms with E-state index in [2.05, 4.69) is 37.6 Å². The maximum Gasteiger partial charge on any atom is 0.178 e. The summed E-state index contributed by atoms with van der Waals surface area (Å²) in [4.78, 5) is 17.8. The minimum atomic E-state index is 0.214. The maximum atomic E-state index is 12.3. The molecule has 0 aromatic carbocycles. The highest BCUT2D eigenvalue weighted by molar-refractivity contribution is 5.98. The van der Waals surface area contributed by atoms with Crippen molar-refractivity contribution < 1.29 is 4.79 Å². The van der Waals surface area contributed by atoms with Crippen LogP contribution in [0.5, 0.6) is 0 Å². The molecule has 1 aromatic heterocycles. The van der Waals surface area contributed by atoms with Crippen molar-refractivity contribution in [1.82, 2.24) is 9.88 Å². The molecule has 0 fully saturated rings. The van der Waals surface area contributed by atoms with E-state index in [1.54, 1.807) is 0 Å². The fourth-order valence-corrected chi connectivity index (χ4v) is 2.21. The number of ketones is 1. The van der Waals surface area contributed by atoms with Crippen molar-refractivity contribution in [1.29, 1.82) is 0 Å². The normalized spacial score (nSPS) is 11.8. The van der Waals surface area contributed by atoms with Gasteiger partial charge in [-0.3, -0.25) is 9.69 Å². The Morgan fingerprint density at radius 3 is 2.28 bits per heavy atom. The average molecular weight is 250 g/mol. The van der Waals surface area contributed by atoms with Crippen LogP contribution in [0.25, 0.3) is 0 Å². The summed E-state index contributed by atoms with van der Waals surface area (Å²) < 4.78 is 0. The Labute approximate surface area is 111 Å². The van der Waals surface area contributed by atoms with Crippen LogP contribution in [0, 0.1) is 19.8 Å². The van der Waals surface area contributed by atoms with E-state index in [0.29, 0.717) is 18.5 Å². The number of hydrogen-bond donors (Lipinski definition) is 1. The summed E-state index contributed by atoms with van der Waals surface area (Å²) in [5.41, 5.74) is 2.86. The number of nitrogens with one attached hydrogen (secondary N) is 1. The van der Waals surface area contributed by atoms with Gasteiger partial charge in [-0.05, 0) is 39.7 Å². The first-order chi connectivity index (χ1) is 8.31. The highest BCUT2D eigenvalue weighted by Crippen LogP contribution is 2.12. The van der Waals surface area contributed by atoms with E-state index in [4.69, 9.17) is 0 Å². The summed E-state index contributed by atoms with van der Waals surface area (Å²) in [5.74, 6) is 0.792.